The zero-order valence-corrected chi connectivity index (χ0v) is 12.0. The molecular formula is C14H10Se2. The number of hydrogen-bond acceptors (Lipinski definition) is 0. The molecule has 0 bridgehead atoms. The topological polar surface area (TPSA) is 0 Å². The predicted molar refractivity (Wildman–Crippen MR) is 71.2 cm³/mol. The van der Waals surface area contributed by atoms with Crippen LogP contribution in [0.5, 0.6) is 0 Å². The van der Waals surface area contributed by atoms with Crippen molar-refractivity contribution in [3.8, 4) is 20.0 Å². The van der Waals surface area contributed by atoms with E-state index in [2.05, 4.69) is 58.4 Å². The Morgan fingerprint density at radius 1 is 0.562 bits per heavy atom. The summed E-state index contributed by atoms with van der Waals surface area (Å²) in [7, 11) is 0. The second-order valence-corrected chi connectivity index (χ2v) is 7.48. The molecule has 0 amide bonds. The predicted octanol–water partition coefficient (Wildman–Crippen LogP) is 3.13. The maximum atomic E-state index is 2.28. The first-order chi connectivity index (χ1) is 7.95. The Hall–Kier alpha value is -0.781. The van der Waals surface area contributed by atoms with Crippen molar-refractivity contribution >= 4 is 29.0 Å². The van der Waals surface area contributed by atoms with Gasteiger partial charge in [0.05, 0.1) is 0 Å². The molecule has 2 aromatic heterocycles. The summed E-state index contributed by atoms with van der Waals surface area (Å²) in [4.78, 5) is 4.57. The van der Waals surface area contributed by atoms with Crippen molar-refractivity contribution < 1.29 is 0 Å². The van der Waals surface area contributed by atoms with Gasteiger partial charge in [0.25, 0.3) is 0 Å². The van der Waals surface area contributed by atoms with Crippen molar-refractivity contribution in [3.63, 3.8) is 0 Å². The van der Waals surface area contributed by atoms with E-state index in [1.807, 2.05) is 0 Å². The number of rotatable bonds is 2. The number of benzene rings is 1. The van der Waals surface area contributed by atoms with Crippen LogP contribution in [-0.4, -0.2) is 29.0 Å². The average Bonchev–Trinajstić information content (AvgIpc) is 3.03. The van der Waals surface area contributed by atoms with Crippen LogP contribution >= 0.6 is 0 Å². The maximum absolute atomic E-state index is 2.28. The summed E-state index contributed by atoms with van der Waals surface area (Å²) in [5.74, 6) is 0. The molecule has 78 valence electrons. The Labute approximate surface area is 107 Å². The Balaban J connectivity index is 2.19. The summed E-state index contributed by atoms with van der Waals surface area (Å²) in [6.45, 7) is 0. The standard InChI is InChI=1S/C14H10Se2/c1-2-6-12(14-8-4-10-16-14)11(5-1)13-7-3-9-15-13/h1-10H. The molecule has 0 aliphatic carbocycles. The van der Waals surface area contributed by atoms with Crippen LogP contribution in [0.2, 0.25) is 0 Å². The van der Waals surface area contributed by atoms with Gasteiger partial charge in [-0.25, -0.2) is 0 Å². The van der Waals surface area contributed by atoms with Crippen LogP contribution < -0.4 is 0 Å². The molecule has 0 spiro atoms. The summed E-state index contributed by atoms with van der Waals surface area (Å²) in [5.41, 5.74) is 2.87. The molecule has 0 saturated heterocycles. The van der Waals surface area contributed by atoms with Crippen LogP contribution in [0.3, 0.4) is 0 Å². The van der Waals surface area contributed by atoms with E-state index in [1.165, 1.54) is 20.0 Å². The van der Waals surface area contributed by atoms with Crippen LogP contribution in [0.25, 0.3) is 20.0 Å². The van der Waals surface area contributed by atoms with Crippen LogP contribution in [0.1, 0.15) is 0 Å². The second kappa shape index (κ2) is 4.61. The first-order valence-electron chi connectivity index (χ1n) is 5.12. The zero-order valence-electron chi connectivity index (χ0n) is 8.59. The summed E-state index contributed by atoms with van der Waals surface area (Å²) >= 11 is 1.05. The Morgan fingerprint density at radius 3 is 1.44 bits per heavy atom. The minimum atomic E-state index is 0.524. The van der Waals surface area contributed by atoms with Crippen molar-refractivity contribution in [2.24, 2.45) is 0 Å². The first-order valence-corrected chi connectivity index (χ1v) is 8.81. The molecule has 0 aliphatic rings. The third-order valence-electron chi connectivity index (χ3n) is 2.50. The fourth-order valence-corrected chi connectivity index (χ4v) is 4.99. The molecule has 2 heterocycles. The first kappa shape index (κ1) is 10.4. The minimum absolute atomic E-state index is 0.524. The molecule has 0 nitrogen and oxygen atoms in total. The molecule has 0 fully saturated rings. The van der Waals surface area contributed by atoms with E-state index in [0.717, 1.165) is 0 Å². The van der Waals surface area contributed by atoms with Crippen LogP contribution in [-0.2, 0) is 0 Å². The van der Waals surface area contributed by atoms with E-state index in [4.69, 9.17) is 0 Å². The van der Waals surface area contributed by atoms with Gasteiger partial charge in [-0.1, -0.05) is 0 Å². The molecule has 0 radical (unpaired) electrons. The van der Waals surface area contributed by atoms with Gasteiger partial charge in [0.15, 0.2) is 0 Å². The van der Waals surface area contributed by atoms with Gasteiger partial charge in [-0.3, -0.25) is 0 Å². The number of hydrogen-bond donors (Lipinski definition) is 0. The molecule has 0 atom stereocenters. The van der Waals surface area contributed by atoms with Gasteiger partial charge in [-0.2, -0.15) is 0 Å². The van der Waals surface area contributed by atoms with Gasteiger partial charge in [-0.05, 0) is 0 Å². The summed E-state index contributed by atoms with van der Waals surface area (Å²) in [6.07, 6.45) is 0. The average molecular weight is 336 g/mol. The van der Waals surface area contributed by atoms with Gasteiger partial charge in [0, 0.05) is 0 Å². The molecule has 0 N–H and O–H groups in total. The van der Waals surface area contributed by atoms with E-state index in [9.17, 15) is 0 Å². The molecule has 2 heteroatoms. The van der Waals surface area contributed by atoms with Crippen molar-refractivity contribution in [2.45, 2.75) is 0 Å². The fraction of sp³-hybridized carbons (Fsp3) is 0. The van der Waals surface area contributed by atoms with Crippen molar-refractivity contribution in [1.29, 1.82) is 0 Å². The van der Waals surface area contributed by atoms with E-state index >= 15 is 0 Å². The molecule has 0 saturated carbocycles. The molecule has 3 rings (SSSR count). The summed E-state index contributed by atoms with van der Waals surface area (Å²) in [5, 5.41) is 0. The van der Waals surface area contributed by atoms with E-state index < -0.39 is 0 Å². The normalized spacial score (nSPS) is 10.5. The third-order valence-corrected chi connectivity index (χ3v) is 6.29. The summed E-state index contributed by atoms with van der Waals surface area (Å²) < 4.78 is 3.01. The Bertz CT molecular complexity index is 509. The van der Waals surface area contributed by atoms with Gasteiger partial charge in [0.1, 0.15) is 0 Å². The van der Waals surface area contributed by atoms with Gasteiger partial charge < -0.3 is 0 Å². The van der Waals surface area contributed by atoms with Gasteiger partial charge in [-0.15, -0.1) is 0 Å². The third kappa shape index (κ3) is 1.90. The zero-order chi connectivity index (χ0) is 10.8. The molecule has 16 heavy (non-hydrogen) atoms. The van der Waals surface area contributed by atoms with Gasteiger partial charge >= 0.3 is 107 Å². The second-order valence-electron chi connectivity index (χ2n) is 3.50. The Morgan fingerprint density at radius 2 is 1.06 bits per heavy atom. The van der Waals surface area contributed by atoms with E-state index in [1.54, 1.807) is 0 Å². The van der Waals surface area contributed by atoms with Crippen molar-refractivity contribution in [1.82, 2.24) is 0 Å². The van der Waals surface area contributed by atoms with Gasteiger partial charge in [0.2, 0.25) is 0 Å². The molecule has 3 aromatic rings. The van der Waals surface area contributed by atoms with Crippen molar-refractivity contribution in [2.75, 3.05) is 0 Å². The SMILES string of the molecule is c1c[se]c(-c2ccccc2-c2ccc[se]2)c1. The molecule has 0 aliphatic heterocycles. The van der Waals surface area contributed by atoms with Crippen LogP contribution in [0, 0.1) is 0 Å². The monoisotopic (exact) mass is 338 g/mol. The molecule has 0 unspecified atom stereocenters. The van der Waals surface area contributed by atoms with E-state index in [-0.39, 0.29) is 0 Å². The molecule has 1 aromatic carbocycles. The summed E-state index contributed by atoms with van der Waals surface area (Å²) in [6, 6.07) is 17.7. The van der Waals surface area contributed by atoms with Crippen molar-refractivity contribution in [3.05, 3.63) is 58.4 Å². The van der Waals surface area contributed by atoms with Crippen LogP contribution in [0.4, 0.5) is 0 Å². The van der Waals surface area contributed by atoms with Crippen LogP contribution in [0.15, 0.2) is 58.4 Å². The quantitative estimate of drug-likeness (QED) is 0.631. The molecular weight excluding hydrogens is 326 g/mol. The van der Waals surface area contributed by atoms with E-state index in [0.29, 0.717) is 29.0 Å². The Kier molecular flexibility index (Phi) is 2.99. The fourth-order valence-electron chi connectivity index (χ4n) is 1.78.